The van der Waals surface area contributed by atoms with Gasteiger partial charge in [0.15, 0.2) is 9.84 Å². The molecule has 0 aliphatic carbocycles. The smallest absolute Gasteiger partial charge is 0.250 e. The van der Waals surface area contributed by atoms with E-state index in [1.54, 1.807) is 0 Å². The maximum Gasteiger partial charge on any atom is 0.250 e. The summed E-state index contributed by atoms with van der Waals surface area (Å²) in [6, 6.07) is 3.45. The predicted molar refractivity (Wildman–Crippen MR) is 56.6 cm³/mol. The number of carbonyl (C=O) groups excluding carboxylic acids is 2. The fourth-order valence-electron chi connectivity index (χ4n) is 1.19. The number of amides is 2. The second kappa shape index (κ2) is 3.93. The highest BCUT2D eigenvalue weighted by Gasteiger charge is 2.18. The number of hydrogen-bond donors (Lipinski definition) is 2. The zero-order valence-electron chi connectivity index (χ0n) is 8.43. The summed E-state index contributed by atoms with van der Waals surface area (Å²) in [5, 5.41) is 0. The monoisotopic (exact) mass is 242 g/mol. The number of carbonyl (C=O) groups is 2. The second-order valence-corrected chi connectivity index (χ2v) is 5.20. The lowest BCUT2D eigenvalue weighted by molar-refractivity contribution is 0.0986. The Morgan fingerprint density at radius 1 is 1.12 bits per heavy atom. The van der Waals surface area contributed by atoms with E-state index in [-0.39, 0.29) is 16.0 Å². The molecule has 0 atom stereocenters. The van der Waals surface area contributed by atoms with Crippen LogP contribution < -0.4 is 11.5 Å². The molecule has 0 spiro atoms. The third kappa shape index (κ3) is 2.37. The molecule has 0 aromatic heterocycles. The summed E-state index contributed by atoms with van der Waals surface area (Å²) in [7, 11) is -3.64. The number of nitrogens with two attached hydrogens (primary N) is 2. The summed E-state index contributed by atoms with van der Waals surface area (Å²) in [4.78, 5) is 21.6. The van der Waals surface area contributed by atoms with Crippen molar-refractivity contribution >= 4 is 21.7 Å². The van der Waals surface area contributed by atoms with Crippen molar-refractivity contribution in [1.29, 1.82) is 0 Å². The van der Waals surface area contributed by atoms with E-state index >= 15 is 0 Å². The van der Waals surface area contributed by atoms with Crippen LogP contribution in [-0.4, -0.2) is 26.5 Å². The standard InChI is InChI=1S/C9H10N2O4S/c1-16(14,15)7-4-5(8(10)12)2-3-6(7)9(11)13/h2-4H,1H3,(H2,10,12)(H2,11,13). The molecule has 1 aromatic rings. The Balaban J connectivity index is 3.58. The van der Waals surface area contributed by atoms with Crippen LogP contribution in [0.1, 0.15) is 20.7 Å². The summed E-state index contributed by atoms with van der Waals surface area (Å²) in [6.45, 7) is 0. The van der Waals surface area contributed by atoms with Gasteiger partial charge in [0, 0.05) is 11.8 Å². The average Bonchev–Trinajstić information content (AvgIpc) is 2.15. The number of sulfone groups is 1. The largest absolute Gasteiger partial charge is 0.366 e. The van der Waals surface area contributed by atoms with Crippen LogP contribution in [0.15, 0.2) is 23.1 Å². The van der Waals surface area contributed by atoms with Crippen LogP contribution in [0.4, 0.5) is 0 Å². The molecule has 0 saturated carbocycles. The molecule has 6 nitrogen and oxygen atoms in total. The minimum Gasteiger partial charge on any atom is -0.366 e. The topological polar surface area (TPSA) is 120 Å². The SMILES string of the molecule is CS(=O)(=O)c1cc(C(N)=O)ccc1C(N)=O. The van der Waals surface area contributed by atoms with E-state index in [1.165, 1.54) is 12.1 Å². The van der Waals surface area contributed by atoms with Crippen molar-refractivity contribution in [2.24, 2.45) is 11.5 Å². The molecule has 0 aliphatic rings. The van der Waals surface area contributed by atoms with E-state index in [4.69, 9.17) is 11.5 Å². The Labute approximate surface area is 92.2 Å². The van der Waals surface area contributed by atoms with Gasteiger partial charge in [0.25, 0.3) is 0 Å². The van der Waals surface area contributed by atoms with Crippen LogP contribution in [0.2, 0.25) is 0 Å². The lowest BCUT2D eigenvalue weighted by Crippen LogP contribution is -2.18. The summed E-state index contributed by atoms with van der Waals surface area (Å²) < 4.78 is 22.7. The zero-order chi connectivity index (χ0) is 12.5. The highest BCUT2D eigenvalue weighted by atomic mass is 32.2. The van der Waals surface area contributed by atoms with Crippen LogP contribution in [0.25, 0.3) is 0 Å². The minimum atomic E-state index is -3.64. The Kier molecular flexibility index (Phi) is 2.99. The fourth-order valence-corrected chi connectivity index (χ4v) is 2.10. The van der Waals surface area contributed by atoms with Gasteiger partial charge in [-0.25, -0.2) is 8.42 Å². The van der Waals surface area contributed by atoms with Crippen LogP contribution in [0, 0.1) is 0 Å². The first-order chi connectivity index (χ1) is 7.23. The molecule has 0 heterocycles. The third-order valence-corrected chi connectivity index (χ3v) is 3.07. The van der Waals surface area contributed by atoms with Crippen molar-refractivity contribution in [3.63, 3.8) is 0 Å². The summed E-state index contributed by atoms with van der Waals surface area (Å²) in [5.74, 6) is -1.66. The highest BCUT2D eigenvalue weighted by molar-refractivity contribution is 7.90. The van der Waals surface area contributed by atoms with Gasteiger partial charge in [-0.05, 0) is 18.2 Å². The van der Waals surface area contributed by atoms with Crippen molar-refractivity contribution in [3.05, 3.63) is 29.3 Å². The van der Waals surface area contributed by atoms with Gasteiger partial charge >= 0.3 is 0 Å². The maximum absolute atomic E-state index is 11.4. The molecule has 0 unspecified atom stereocenters. The van der Waals surface area contributed by atoms with Crippen molar-refractivity contribution in [1.82, 2.24) is 0 Å². The van der Waals surface area contributed by atoms with Crippen LogP contribution in [0.5, 0.6) is 0 Å². The lowest BCUT2D eigenvalue weighted by Gasteiger charge is -2.05. The molecule has 1 aromatic carbocycles. The summed E-state index contributed by atoms with van der Waals surface area (Å²) in [5.41, 5.74) is 9.87. The van der Waals surface area contributed by atoms with E-state index in [0.717, 1.165) is 12.3 Å². The molecule has 0 radical (unpaired) electrons. The molecule has 2 amide bonds. The number of rotatable bonds is 3. The minimum absolute atomic E-state index is 0.00502. The van der Waals surface area contributed by atoms with Gasteiger partial charge in [0.1, 0.15) is 0 Å². The molecule has 0 fully saturated rings. The molecular weight excluding hydrogens is 232 g/mol. The lowest BCUT2D eigenvalue weighted by atomic mass is 10.1. The molecule has 7 heteroatoms. The van der Waals surface area contributed by atoms with Crippen molar-refractivity contribution in [2.75, 3.05) is 6.26 Å². The first-order valence-electron chi connectivity index (χ1n) is 4.17. The third-order valence-electron chi connectivity index (χ3n) is 1.93. The molecule has 16 heavy (non-hydrogen) atoms. The van der Waals surface area contributed by atoms with E-state index in [1.807, 2.05) is 0 Å². The molecule has 86 valence electrons. The number of benzene rings is 1. The zero-order valence-corrected chi connectivity index (χ0v) is 9.24. The highest BCUT2D eigenvalue weighted by Crippen LogP contribution is 2.17. The molecule has 0 bridgehead atoms. The average molecular weight is 242 g/mol. The molecule has 4 N–H and O–H groups in total. The molecule has 0 saturated heterocycles. The second-order valence-electron chi connectivity index (χ2n) is 3.21. The Morgan fingerprint density at radius 2 is 1.69 bits per heavy atom. The van der Waals surface area contributed by atoms with Gasteiger partial charge in [0.05, 0.1) is 10.5 Å². The summed E-state index contributed by atoms with van der Waals surface area (Å²) in [6.07, 6.45) is 0.916. The van der Waals surface area contributed by atoms with Crippen LogP contribution in [-0.2, 0) is 9.84 Å². The molecule has 1 rings (SSSR count). The van der Waals surface area contributed by atoms with Crippen LogP contribution >= 0.6 is 0 Å². The first kappa shape index (κ1) is 12.2. The Bertz CT molecular complexity index is 563. The Hall–Kier alpha value is -1.89. The first-order valence-corrected chi connectivity index (χ1v) is 6.06. The molecule has 0 aliphatic heterocycles. The molecular formula is C9H10N2O4S. The van der Waals surface area contributed by atoms with Gasteiger partial charge in [-0.2, -0.15) is 0 Å². The number of primary amides is 2. The quantitative estimate of drug-likeness (QED) is 0.727. The maximum atomic E-state index is 11.4. The van der Waals surface area contributed by atoms with E-state index in [9.17, 15) is 18.0 Å². The van der Waals surface area contributed by atoms with Gasteiger partial charge in [-0.1, -0.05) is 0 Å². The van der Waals surface area contributed by atoms with Crippen molar-refractivity contribution in [2.45, 2.75) is 4.90 Å². The predicted octanol–water partition coefficient (Wildman–Crippen LogP) is -0.712. The van der Waals surface area contributed by atoms with Crippen molar-refractivity contribution < 1.29 is 18.0 Å². The number of hydrogen-bond acceptors (Lipinski definition) is 4. The Morgan fingerprint density at radius 3 is 2.06 bits per heavy atom. The normalized spacial score (nSPS) is 11.1. The van der Waals surface area contributed by atoms with E-state index < -0.39 is 21.7 Å². The van der Waals surface area contributed by atoms with E-state index in [0.29, 0.717) is 0 Å². The van der Waals surface area contributed by atoms with Gasteiger partial charge in [-0.15, -0.1) is 0 Å². The van der Waals surface area contributed by atoms with Gasteiger partial charge in [-0.3, -0.25) is 9.59 Å². The van der Waals surface area contributed by atoms with Gasteiger partial charge < -0.3 is 11.5 Å². The fraction of sp³-hybridized carbons (Fsp3) is 0.111. The van der Waals surface area contributed by atoms with Crippen molar-refractivity contribution in [3.8, 4) is 0 Å². The van der Waals surface area contributed by atoms with Crippen LogP contribution in [0.3, 0.4) is 0 Å². The van der Waals surface area contributed by atoms with E-state index in [2.05, 4.69) is 0 Å². The van der Waals surface area contributed by atoms with Gasteiger partial charge in [0.2, 0.25) is 11.8 Å². The summed E-state index contributed by atoms with van der Waals surface area (Å²) >= 11 is 0.